The highest BCUT2D eigenvalue weighted by molar-refractivity contribution is 5.81. The number of Topliss-reactive ketones (excluding diaryl/α,β-unsaturated/α-hetero) is 1. The summed E-state index contributed by atoms with van der Waals surface area (Å²) in [4.78, 5) is 12.1. The van der Waals surface area contributed by atoms with Crippen LogP contribution in [0.15, 0.2) is 24.3 Å². The third-order valence-corrected chi connectivity index (χ3v) is 4.01. The van der Waals surface area contributed by atoms with Gasteiger partial charge in [0.15, 0.2) is 0 Å². The summed E-state index contributed by atoms with van der Waals surface area (Å²) >= 11 is 0. The van der Waals surface area contributed by atoms with Gasteiger partial charge in [0, 0.05) is 12.8 Å². The molecule has 0 spiro atoms. The molecule has 0 radical (unpaired) electrons. The number of ketones is 1. The van der Waals surface area contributed by atoms with Crippen molar-refractivity contribution in [2.75, 3.05) is 0 Å². The summed E-state index contributed by atoms with van der Waals surface area (Å²) in [5.41, 5.74) is 2.43. The summed E-state index contributed by atoms with van der Waals surface area (Å²) in [5.74, 6) is 1.08. The number of rotatable bonds is 4. The summed E-state index contributed by atoms with van der Waals surface area (Å²) in [6, 6.07) is 8.35. The van der Waals surface area contributed by atoms with Crippen LogP contribution in [0.3, 0.4) is 0 Å². The van der Waals surface area contributed by atoms with Gasteiger partial charge in [-0.1, -0.05) is 68.4 Å². The quantitative estimate of drug-likeness (QED) is 0.714. The molecule has 1 aromatic rings. The third-order valence-electron chi connectivity index (χ3n) is 4.01. The number of carbonyl (C=O) groups is 1. The molecule has 1 saturated carbocycles. The molecule has 0 unspecified atom stereocenters. The molecule has 1 aliphatic rings. The zero-order valence-electron chi connectivity index (χ0n) is 11.5. The van der Waals surface area contributed by atoms with E-state index in [0.717, 1.165) is 6.42 Å². The number of carbonyl (C=O) groups excluding carboxylic acids is 1. The summed E-state index contributed by atoms with van der Waals surface area (Å²) in [6.07, 6.45) is 9.32. The van der Waals surface area contributed by atoms with Gasteiger partial charge in [0.25, 0.3) is 0 Å². The molecule has 0 atom stereocenters. The predicted octanol–water partition coefficient (Wildman–Crippen LogP) is 4.47. The van der Waals surface area contributed by atoms with Crippen LogP contribution in [0, 0.1) is 12.8 Å². The molecule has 1 aromatic carbocycles. The average molecular weight is 244 g/mol. The fourth-order valence-corrected chi connectivity index (χ4v) is 2.90. The van der Waals surface area contributed by atoms with Crippen LogP contribution < -0.4 is 0 Å². The van der Waals surface area contributed by atoms with Crippen molar-refractivity contribution in [3.05, 3.63) is 35.4 Å². The van der Waals surface area contributed by atoms with Crippen LogP contribution in [0.1, 0.15) is 56.1 Å². The molecule has 1 nitrogen and oxygen atoms in total. The summed E-state index contributed by atoms with van der Waals surface area (Å²) < 4.78 is 0. The van der Waals surface area contributed by atoms with E-state index in [-0.39, 0.29) is 0 Å². The predicted molar refractivity (Wildman–Crippen MR) is 75.7 cm³/mol. The molecular formula is C17H24O. The van der Waals surface area contributed by atoms with Crippen LogP contribution >= 0.6 is 0 Å². The molecule has 0 aliphatic heterocycles. The van der Waals surface area contributed by atoms with Crippen molar-refractivity contribution in [2.45, 2.75) is 58.3 Å². The molecule has 0 heterocycles. The Morgan fingerprint density at radius 2 is 1.67 bits per heavy atom. The highest BCUT2D eigenvalue weighted by Crippen LogP contribution is 2.26. The average Bonchev–Trinajstić information content (AvgIpc) is 2.61. The SMILES string of the molecule is Cc1ccc(CC(=O)CC2CCCCCC2)cc1. The van der Waals surface area contributed by atoms with Gasteiger partial charge in [0.1, 0.15) is 5.78 Å². The van der Waals surface area contributed by atoms with Crippen LogP contribution in [0.5, 0.6) is 0 Å². The minimum absolute atomic E-state index is 0.422. The first-order chi connectivity index (χ1) is 8.74. The molecule has 0 saturated heterocycles. The second-order valence-electron chi connectivity index (χ2n) is 5.76. The van der Waals surface area contributed by atoms with Crippen molar-refractivity contribution in [2.24, 2.45) is 5.92 Å². The minimum atomic E-state index is 0.422. The molecular weight excluding hydrogens is 220 g/mol. The zero-order valence-corrected chi connectivity index (χ0v) is 11.5. The van der Waals surface area contributed by atoms with E-state index in [9.17, 15) is 4.79 Å². The van der Waals surface area contributed by atoms with E-state index in [2.05, 4.69) is 31.2 Å². The van der Waals surface area contributed by atoms with Crippen molar-refractivity contribution in [1.82, 2.24) is 0 Å². The maximum atomic E-state index is 12.1. The minimum Gasteiger partial charge on any atom is -0.299 e. The summed E-state index contributed by atoms with van der Waals surface area (Å²) in [5, 5.41) is 0. The number of hydrogen-bond acceptors (Lipinski definition) is 1. The van der Waals surface area contributed by atoms with Gasteiger partial charge in [-0.3, -0.25) is 4.79 Å². The van der Waals surface area contributed by atoms with Gasteiger partial charge in [0.2, 0.25) is 0 Å². The monoisotopic (exact) mass is 244 g/mol. The van der Waals surface area contributed by atoms with Crippen LogP contribution in [-0.2, 0) is 11.2 Å². The van der Waals surface area contributed by atoms with Gasteiger partial charge in [-0.15, -0.1) is 0 Å². The Balaban J connectivity index is 1.82. The Kier molecular flexibility index (Phi) is 4.98. The summed E-state index contributed by atoms with van der Waals surface area (Å²) in [6.45, 7) is 2.08. The standard InChI is InChI=1S/C17H24O/c1-14-8-10-16(11-9-14)13-17(18)12-15-6-4-2-3-5-7-15/h8-11,15H,2-7,12-13H2,1H3. The maximum Gasteiger partial charge on any atom is 0.137 e. The van der Waals surface area contributed by atoms with Gasteiger partial charge in [-0.05, 0) is 18.4 Å². The van der Waals surface area contributed by atoms with Gasteiger partial charge in [0.05, 0.1) is 0 Å². The molecule has 0 N–H and O–H groups in total. The van der Waals surface area contributed by atoms with Crippen LogP contribution in [0.25, 0.3) is 0 Å². The molecule has 0 bridgehead atoms. The molecule has 18 heavy (non-hydrogen) atoms. The van der Waals surface area contributed by atoms with Crippen molar-refractivity contribution in [1.29, 1.82) is 0 Å². The highest BCUT2D eigenvalue weighted by atomic mass is 16.1. The highest BCUT2D eigenvalue weighted by Gasteiger charge is 2.16. The molecule has 0 aromatic heterocycles. The molecule has 1 heteroatoms. The van der Waals surface area contributed by atoms with E-state index in [4.69, 9.17) is 0 Å². The Bertz CT molecular complexity index is 369. The largest absolute Gasteiger partial charge is 0.299 e. The van der Waals surface area contributed by atoms with E-state index in [1.165, 1.54) is 49.7 Å². The molecule has 0 amide bonds. The maximum absolute atomic E-state index is 12.1. The van der Waals surface area contributed by atoms with Crippen LogP contribution in [0.2, 0.25) is 0 Å². The lowest BCUT2D eigenvalue weighted by Gasteiger charge is -2.12. The Morgan fingerprint density at radius 3 is 2.28 bits per heavy atom. The van der Waals surface area contributed by atoms with Gasteiger partial charge in [-0.2, -0.15) is 0 Å². The van der Waals surface area contributed by atoms with Gasteiger partial charge in [-0.25, -0.2) is 0 Å². The lowest BCUT2D eigenvalue weighted by Crippen LogP contribution is -2.10. The topological polar surface area (TPSA) is 17.1 Å². The van der Waals surface area contributed by atoms with Crippen molar-refractivity contribution < 1.29 is 4.79 Å². The van der Waals surface area contributed by atoms with Gasteiger partial charge < -0.3 is 0 Å². The summed E-state index contributed by atoms with van der Waals surface area (Å²) in [7, 11) is 0. The van der Waals surface area contributed by atoms with E-state index in [1.54, 1.807) is 0 Å². The van der Waals surface area contributed by atoms with E-state index in [0.29, 0.717) is 18.1 Å². The number of hydrogen-bond donors (Lipinski definition) is 0. The molecule has 98 valence electrons. The first-order valence-corrected chi connectivity index (χ1v) is 7.31. The van der Waals surface area contributed by atoms with E-state index in [1.807, 2.05) is 0 Å². The number of benzene rings is 1. The van der Waals surface area contributed by atoms with Gasteiger partial charge >= 0.3 is 0 Å². The number of aryl methyl sites for hydroxylation is 1. The Labute approximate surface area is 111 Å². The first kappa shape index (κ1) is 13.3. The van der Waals surface area contributed by atoms with Crippen molar-refractivity contribution in [3.8, 4) is 0 Å². The second-order valence-corrected chi connectivity index (χ2v) is 5.76. The zero-order chi connectivity index (χ0) is 12.8. The first-order valence-electron chi connectivity index (χ1n) is 7.31. The van der Waals surface area contributed by atoms with E-state index >= 15 is 0 Å². The fraction of sp³-hybridized carbons (Fsp3) is 0.588. The molecule has 1 aliphatic carbocycles. The third kappa shape index (κ3) is 4.29. The Hall–Kier alpha value is -1.11. The smallest absolute Gasteiger partial charge is 0.137 e. The fourth-order valence-electron chi connectivity index (χ4n) is 2.90. The lowest BCUT2D eigenvalue weighted by molar-refractivity contribution is -0.119. The van der Waals surface area contributed by atoms with Crippen molar-refractivity contribution in [3.63, 3.8) is 0 Å². The molecule has 2 rings (SSSR count). The molecule has 1 fully saturated rings. The lowest BCUT2D eigenvalue weighted by atomic mass is 9.92. The van der Waals surface area contributed by atoms with Crippen LogP contribution in [-0.4, -0.2) is 5.78 Å². The second kappa shape index (κ2) is 6.72. The Morgan fingerprint density at radius 1 is 1.06 bits per heavy atom. The van der Waals surface area contributed by atoms with E-state index < -0.39 is 0 Å². The normalized spacial score (nSPS) is 17.4. The van der Waals surface area contributed by atoms with Crippen molar-refractivity contribution >= 4 is 5.78 Å². The van der Waals surface area contributed by atoms with Crippen LogP contribution in [0.4, 0.5) is 0 Å².